The molecule has 0 aromatic carbocycles. The number of hydroxylamine groups is 1. The summed E-state index contributed by atoms with van der Waals surface area (Å²) in [5, 5.41) is 0. The van der Waals surface area contributed by atoms with Gasteiger partial charge in [0, 0.05) is 25.8 Å². The molecule has 0 aromatic rings. The van der Waals surface area contributed by atoms with E-state index in [0.717, 1.165) is 50.8 Å². The van der Waals surface area contributed by atoms with E-state index >= 15 is 0 Å². The average Bonchev–Trinajstić information content (AvgIpc) is 2.61. The first-order valence-electron chi connectivity index (χ1n) is 10.5. The van der Waals surface area contributed by atoms with E-state index in [-0.39, 0.29) is 0 Å². The summed E-state index contributed by atoms with van der Waals surface area (Å²) in [6.45, 7) is 9.18. The van der Waals surface area contributed by atoms with Crippen LogP contribution in [0.4, 0.5) is 0 Å². The number of hydrogen-bond acceptors (Lipinski definition) is 5. The maximum atomic E-state index is 6.37. The summed E-state index contributed by atoms with van der Waals surface area (Å²) in [6, 6.07) is 0.855. The predicted octanol–water partition coefficient (Wildman–Crippen LogP) is 5.23. The van der Waals surface area contributed by atoms with E-state index < -0.39 is 8.80 Å². The van der Waals surface area contributed by atoms with Gasteiger partial charge in [-0.05, 0) is 43.3 Å². The molecule has 1 saturated heterocycles. The zero-order valence-electron chi connectivity index (χ0n) is 16.7. The second-order valence-electron chi connectivity index (χ2n) is 7.33. The van der Waals surface area contributed by atoms with Crippen LogP contribution in [0.2, 0.25) is 6.04 Å². The number of unbranched alkanes of at least 4 members (excludes halogenated alkanes) is 2. The van der Waals surface area contributed by atoms with E-state index in [2.05, 4.69) is 38.9 Å². The van der Waals surface area contributed by atoms with E-state index in [1.165, 1.54) is 38.5 Å². The second-order valence-corrected chi connectivity index (χ2v) is 10.4. The van der Waals surface area contributed by atoms with E-state index in [4.69, 9.17) is 13.4 Å². The van der Waals surface area contributed by atoms with Gasteiger partial charge in [0.2, 0.25) is 0 Å². The average molecular weight is 392 g/mol. The Morgan fingerprint density at radius 2 is 2.00 bits per heavy atom. The Morgan fingerprint density at radius 1 is 1.20 bits per heavy atom. The van der Waals surface area contributed by atoms with Crippen molar-refractivity contribution in [1.29, 1.82) is 0 Å². The Kier molecular flexibility index (Phi) is 13.6. The van der Waals surface area contributed by atoms with Crippen LogP contribution in [0, 0.1) is 11.8 Å². The third-order valence-corrected chi connectivity index (χ3v) is 8.12. The van der Waals surface area contributed by atoms with Crippen molar-refractivity contribution in [2.45, 2.75) is 84.6 Å². The van der Waals surface area contributed by atoms with Gasteiger partial charge in [0.05, 0.1) is 0 Å². The first-order valence-corrected chi connectivity index (χ1v) is 13.1. The van der Waals surface area contributed by atoms with Crippen molar-refractivity contribution in [1.82, 2.24) is 5.48 Å². The highest BCUT2D eigenvalue weighted by atomic mass is 32.1. The fourth-order valence-electron chi connectivity index (χ4n) is 3.23. The number of nitrogens with one attached hydrogen (secondary N) is 1. The summed E-state index contributed by atoms with van der Waals surface area (Å²) in [6.07, 6.45) is 10.7. The van der Waals surface area contributed by atoms with Gasteiger partial charge < -0.3 is 8.85 Å². The maximum Gasteiger partial charge on any atom is 0.517 e. The summed E-state index contributed by atoms with van der Waals surface area (Å²) in [5.74, 6) is 2.09. The third kappa shape index (κ3) is 9.77. The van der Waals surface area contributed by atoms with Gasteiger partial charge in [-0.15, -0.1) is 0 Å². The van der Waals surface area contributed by atoms with Crippen LogP contribution in [0.15, 0.2) is 0 Å². The molecule has 0 aromatic heterocycles. The smallest absolute Gasteiger partial charge is 0.373 e. The molecule has 0 amide bonds. The fourth-order valence-corrected chi connectivity index (χ4v) is 6.11. The molecule has 1 aliphatic rings. The zero-order chi connectivity index (χ0) is 18.4. The standard InChI is InChI=1S/C19H41NO3SSi/c1-4-7-10-18(6-3)17-22-25(15-9-14-24)21-13-12-19(11-8-5-2)16-20-23-25/h18-20,24H,4-17H2,1-3H3. The predicted molar refractivity (Wildman–Crippen MR) is 111 cm³/mol. The third-order valence-electron chi connectivity index (χ3n) is 5.14. The molecule has 25 heavy (non-hydrogen) atoms. The minimum Gasteiger partial charge on any atom is -0.373 e. The van der Waals surface area contributed by atoms with Gasteiger partial charge >= 0.3 is 8.80 Å². The summed E-state index contributed by atoms with van der Waals surface area (Å²) < 4.78 is 18.7. The van der Waals surface area contributed by atoms with Crippen molar-refractivity contribution >= 4 is 21.4 Å². The molecule has 1 rings (SSSR count). The molecule has 150 valence electrons. The van der Waals surface area contributed by atoms with Gasteiger partial charge in [0.15, 0.2) is 0 Å². The SMILES string of the molecule is CCCCC1CCO[Si](CCCS)(OCC(CC)CCCC)ONC1. The van der Waals surface area contributed by atoms with Crippen LogP contribution in [0.25, 0.3) is 0 Å². The van der Waals surface area contributed by atoms with E-state index in [9.17, 15) is 0 Å². The van der Waals surface area contributed by atoms with Crippen LogP contribution in [-0.4, -0.2) is 34.3 Å². The Morgan fingerprint density at radius 3 is 2.68 bits per heavy atom. The maximum absolute atomic E-state index is 6.37. The molecule has 1 heterocycles. The minimum absolute atomic E-state index is 0.607. The van der Waals surface area contributed by atoms with E-state index in [1.54, 1.807) is 0 Å². The molecular weight excluding hydrogens is 350 g/mol. The molecule has 1 fully saturated rings. The molecule has 0 spiro atoms. The molecule has 3 unspecified atom stereocenters. The Bertz CT molecular complexity index is 313. The van der Waals surface area contributed by atoms with Crippen molar-refractivity contribution in [3.05, 3.63) is 0 Å². The molecule has 0 radical (unpaired) electrons. The lowest BCUT2D eigenvalue weighted by molar-refractivity contribution is -0.0107. The largest absolute Gasteiger partial charge is 0.517 e. The highest BCUT2D eigenvalue weighted by Crippen LogP contribution is 2.24. The van der Waals surface area contributed by atoms with E-state index in [1.807, 2.05) is 0 Å². The Labute approximate surface area is 162 Å². The van der Waals surface area contributed by atoms with Crippen LogP contribution in [0.3, 0.4) is 0 Å². The molecule has 0 saturated carbocycles. The Balaban J connectivity index is 2.56. The molecule has 4 nitrogen and oxygen atoms in total. The van der Waals surface area contributed by atoms with Gasteiger partial charge in [-0.2, -0.15) is 12.6 Å². The minimum atomic E-state index is -2.63. The van der Waals surface area contributed by atoms with Crippen LogP contribution in [-0.2, 0) is 13.4 Å². The van der Waals surface area contributed by atoms with Crippen molar-refractivity contribution in [3.8, 4) is 0 Å². The monoisotopic (exact) mass is 391 g/mol. The van der Waals surface area contributed by atoms with E-state index in [0.29, 0.717) is 11.8 Å². The summed E-state index contributed by atoms with van der Waals surface area (Å²) in [5.41, 5.74) is 3.22. The first-order chi connectivity index (χ1) is 12.2. The summed E-state index contributed by atoms with van der Waals surface area (Å²) in [4.78, 5) is 0. The van der Waals surface area contributed by atoms with Crippen molar-refractivity contribution in [2.75, 3.05) is 25.5 Å². The van der Waals surface area contributed by atoms with Gasteiger partial charge in [0.25, 0.3) is 0 Å². The molecule has 1 N–H and O–H groups in total. The van der Waals surface area contributed by atoms with Gasteiger partial charge in [-0.1, -0.05) is 52.9 Å². The van der Waals surface area contributed by atoms with Crippen molar-refractivity contribution in [2.24, 2.45) is 11.8 Å². The first kappa shape index (κ1) is 23.4. The summed E-state index contributed by atoms with van der Waals surface area (Å²) >= 11 is 4.37. The molecular formula is C19H41NO3SSi. The summed E-state index contributed by atoms with van der Waals surface area (Å²) in [7, 11) is -2.63. The Hall–Kier alpha value is 0.407. The quantitative estimate of drug-likeness (QED) is 0.333. The van der Waals surface area contributed by atoms with Crippen LogP contribution < -0.4 is 5.48 Å². The molecule has 0 aliphatic carbocycles. The lowest BCUT2D eigenvalue weighted by Crippen LogP contribution is -2.52. The van der Waals surface area contributed by atoms with Crippen molar-refractivity contribution in [3.63, 3.8) is 0 Å². The van der Waals surface area contributed by atoms with Gasteiger partial charge in [-0.3, -0.25) is 4.53 Å². The van der Waals surface area contributed by atoms with Crippen LogP contribution in [0.1, 0.15) is 78.6 Å². The molecule has 6 heteroatoms. The van der Waals surface area contributed by atoms with Crippen molar-refractivity contribution < 1.29 is 13.4 Å². The topological polar surface area (TPSA) is 39.7 Å². The zero-order valence-corrected chi connectivity index (χ0v) is 18.6. The number of rotatable bonds is 13. The highest BCUT2D eigenvalue weighted by molar-refractivity contribution is 7.80. The molecule has 0 bridgehead atoms. The fraction of sp³-hybridized carbons (Fsp3) is 1.00. The van der Waals surface area contributed by atoms with Gasteiger partial charge in [-0.25, -0.2) is 5.48 Å². The molecule has 3 atom stereocenters. The second kappa shape index (κ2) is 14.5. The number of thiol groups is 1. The normalized spacial score (nSPS) is 26.2. The molecule has 1 aliphatic heterocycles. The number of hydrogen-bond donors (Lipinski definition) is 2. The highest BCUT2D eigenvalue weighted by Gasteiger charge is 2.43. The van der Waals surface area contributed by atoms with Crippen LogP contribution >= 0.6 is 12.6 Å². The van der Waals surface area contributed by atoms with Crippen LogP contribution in [0.5, 0.6) is 0 Å². The van der Waals surface area contributed by atoms with Gasteiger partial charge in [0.1, 0.15) is 0 Å². The lowest BCUT2D eigenvalue weighted by atomic mass is 9.99. The lowest BCUT2D eigenvalue weighted by Gasteiger charge is -2.34.